The first-order valence-electron chi connectivity index (χ1n) is 3.63. The lowest BCUT2D eigenvalue weighted by Gasteiger charge is -2.30. The van der Waals surface area contributed by atoms with Gasteiger partial charge in [-0.25, -0.2) is 0 Å². The molecule has 0 spiro atoms. The molecule has 1 aliphatic rings. The molecule has 1 fully saturated rings. The Kier molecular flexibility index (Phi) is 2.44. The molecule has 0 bridgehead atoms. The Labute approximate surface area is 65.8 Å². The normalized spacial score (nSPS) is 24.4. The third-order valence-electron chi connectivity index (χ3n) is 1.80. The first-order valence-corrected chi connectivity index (χ1v) is 3.63. The SMILES string of the molecule is CC(=O)N1CCNCC1C#N. The minimum Gasteiger partial charge on any atom is -0.324 e. The summed E-state index contributed by atoms with van der Waals surface area (Å²) in [6.45, 7) is 3.52. The van der Waals surface area contributed by atoms with E-state index >= 15 is 0 Å². The molecule has 0 aromatic rings. The number of hydrogen-bond acceptors (Lipinski definition) is 3. The number of amides is 1. The minimum atomic E-state index is -0.277. The van der Waals surface area contributed by atoms with Gasteiger partial charge >= 0.3 is 0 Å². The molecule has 1 heterocycles. The Hall–Kier alpha value is -1.08. The molecule has 4 nitrogen and oxygen atoms in total. The van der Waals surface area contributed by atoms with Gasteiger partial charge in [-0.3, -0.25) is 4.79 Å². The molecule has 0 radical (unpaired) electrons. The number of carbonyl (C=O) groups excluding carboxylic acids is 1. The molecule has 0 aliphatic carbocycles. The third-order valence-corrected chi connectivity index (χ3v) is 1.80. The summed E-state index contributed by atoms with van der Waals surface area (Å²) in [6.07, 6.45) is 0. The van der Waals surface area contributed by atoms with E-state index in [-0.39, 0.29) is 11.9 Å². The molecule has 0 saturated carbocycles. The molecule has 1 saturated heterocycles. The number of piperazine rings is 1. The van der Waals surface area contributed by atoms with Crippen LogP contribution in [-0.2, 0) is 4.79 Å². The van der Waals surface area contributed by atoms with Crippen LogP contribution in [0.2, 0.25) is 0 Å². The van der Waals surface area contributed by atoms with E-state index in [4.69, 9.17) is 5.26 Å². The standard InChI is InChI=1S/C7H11N3O/c1-6(11)10-3-2-9-5-7(10)4-8/h7,9H,2-3,5H2,1H3. The highest BCUT2D eigenvalue weighted by Gasteiger charge is 2.22. The van der Waals surface area contributed by atoms with Crippen molar-refractivity contribution in [3.63, 3.8) is 0 Å². The Morgan fingerprint density at radius 3 is 3.00 bits per heavy atom. The number of nitrogens with zero attached hydrogens (tertiary/aromatic N) is 2. The second kappa shape index (κ2) is 3.35. The highest BCUT2D eigenvalue weighted by molar-refractivity contribution is 5.74. The molecule has 1 aliphatic heterocycles. The average Bonchev–Trinajstić information content (AvgIpc) is 2.04. The summed E-state index contributed by atoms with van der Waals surface area (Å²) in [6, 6.07) is 1.80. The van der Waals surface area contributed by atoms with Gasteiger partial charge in [0.25, 0.3) is 0 Å². The number of hydrogen-bond donors (Lipinski definition) is 1. The van der Waals surface area contributed by atoms with Crippen LogP contribution in [0.1, 0.15) is 6.92 Å². The summed E-state index contributed by atoms with van der Waals surface area (Å²) in [7, 11) is 0. The van der Waals surface area contributed by atoms with Gasteiger partial charge in [0.05, 0.1) is 6.07 Å². The number of rotatable bonds is 0. The molecule has 1 amide bonds. The third kappa shape index (κ3) is 1.69. The maximum Gasteiger partial charge on any atom is 0.220 e. The predicted molar refractivity (Wildman–Crippen MR) is 39.7 cm³/mol. The van der Waals surface area contributed by atoms with Crippen molar-refractivity contribution in [2.75, 3.05) is 19.6 Å². The van der Waals surface area contributed by atoms with Crippen LogP contribution in [0.3, 0.4) is 0 Å². The molecule has 60 valence electrons. The summed E-state index contributed by atoms with van der Waals surface area (Å²) >= 11 is 0. The van der Waals surface area contributed by atoms with Gasteiger partial charge in [0, 0.05) is 26.6 Å². The summed E-state index contributed by atoms with van der Waals surface area (Å²) in [4.78, 5) is 12.5. The lowest BCUT2D eigenvalue weighted by atomic mass is 10.2. The number of carbonyl (C=O) groups is 1. The largest absolute Gasteiger partial charge is 0.324 e. The molecule has 1 rings (SSSR count). The van der Waals surface area contributed by atoms with Gasteiger partial charge in [0.2, 0.25) is 5.91 Å². The molecule has 1 N–H and O–H groups in total. The van der Waals surface area contributed by atoms with Crippen LogP contribution in [0.15, 0.2) is 0 Å². The van der Waals surface area contributed by atoms with Gasteiger partial charge in [0.1, 0.15) is 6.04 Å². The summed E-state index contributed by atoms with van der Waals surface area (Å²) in [5.41, 5.74) is 0. The highest BCUT2D eigenvalue weighted by Crippen LogP contribution is 2.01. The Morgan fingerprint density at radius 1 is 1.82 bits per heavy atom. The fraction of sp³-hybridized carbons (Fsp3) is 0.714. The highest BCUT2D eigenvalue weighted by atomic mass is 16.2. The van der Waals surface area contributed by atoms with Crippen LogP contribution in [0.5, 0.6) is 0 Å². The smallest absolute Gasteiger partial charge is 0.220 e. The maximum atomic E-state index is 10.9. The van der Waals surface area contributed by atoms with Gasteiger partial charge in [-0.05, 0) is 0 Å². The monoisotopic (exact) mass is 153 g/mol. The summed E-state index contributed by atoms with van der Waals surface area (Å²) in [5, 5.41) is 11.7. The molecule has 0 aromatic carbocycles. The second-order valence-corrected chi connectivity index (χ2v) is 2.56. The van der Waals surface area contributed by atoms with E-state index in [0.717, 1.165) is 6.54 Å². The summed E-state index contributed by atoms with van der Waals surface area (Å²) in [5.74, 6) is -0.0157. The van der Waals surface area contributed by atoms with Crippen molar-refractivity contribution in [3.05, 3.63) is 0 Å². The van der Waals surface area contributed by atoms with Crippen LogP contribution in [0, 0.1) is 11.3 Å². The van der Waals surface area contributed by atoms with Crippen LogP contribution in [-0.4, -0.2) is 36.5 Å². The Balaban J connectivity index is 2.60. The van der Waals surface area contributed by atoms with E-state index in [2.05, 4.69) is 11.4 Å². The van der Waals surface area contributed by atoms with Crippen molar-refractivity contribution in [2.45, 2.75) is 13.0 Å². The molecule has 11 heavy (non-hydrogen) atoms. The van der Waals surface area contributed by atoms with Crippen LogP contribution >= 0.6 is 0 Å². The molecule has 4 heteroatoms. The quantitative estimate of drug-likeness (QED) is 0.502. The zero-order chi connectivity index (χ0) is 8.27. The molecule has 0 aromatic heterocycles. The number of nitriles is 1. The van der Waals surface area contributed by atoms with Crippen molar-refractivity contribution in [1.82, 2.24) is 10.2 Å². The first kappa shape index (κ1) is 8.02. The van der Waals surface area contributed by atoms with Gasteiger partial charge in [-0.2, -0.15) is 5.26 Å². The van der Waals surface area contributed by atoms with E-state index in [9.17, 15) is 4.79 Å². The molecule has 1 atom stereocenters. The number of nitrogens with one attached hydrogen (secondary N) is 1. The zero-order valence-electron chi connectivity index (χ0n) is 6.50. The Morgan fingerprint density at radius 2 is 2.55 bits per heavy atom. The zero-order valence-corrected chi connectivity index (χ0v) is 6.50. The predicted octanol–water partition coefficient (Wildman–Crippen LogP) is -0.670. The van der Waals surface area contributed by atoms with Crippen molar-refractivity contribution in [2.24, 2.45) is 0 Å². The first-order chi connectivity index (χ1) is 5.25. The van der Waals surface area contributed by atoms with E-state index in [1.807, 2.05) is 0 Å². The van der Waals surface area contributed by atoms with Crippen LogP contribution in [0.25, 0.3) is 0 Å². The lowest BCUT2D eigenvalue weighted by Crippen LogP contribution is -2.52. The second-order valence-electron chi connectivity index (χ2n) is 2.56. The van der Waals surface area contributed by atoms with E-state index in [1.54, 1.807) is 4.90 Å². The minimum absolute atomic E-state index is 0.0157. The lowest BCUT2D eigenvalue weighted by molar-refractivity contribution is -0.130. The van der Waals surface area contributed by atoms with Crippen molar-refractivity contribution in [1.29, 1.82) is 5.26 Å². The van der Waals surface area contributed by atoms with Crippen molar-refractivity contribution >= 4 is 5.91 Å². The van der Waals surface area contributed by atoms with Crippen LogP contribution < -0.4 is 5.32 Å². The van der Waals surface area contributed by atoms with Crippen LogP contribution in [0.4, 0.5) is 0 Å². The van der Waals surface area contributed by atoms with Gasteiger partial charge in [0.15, 0.2) is 0 Å². The fourth-order valence-electron chi connectivity index (χ4n) is 1.20. The van der Waals surface area contributed by atoms with Gasteiger partial charge in [-0.15, -0.1) is 0 Å². The van der Waals surface area contributed by atoms with E-state index in [0.29, 0.717) is 13.1 Å². The average molecular weight is 153 g/mol. The molecule has 1 unspecified atom stereocenters. The summed E-state index contributed by atoms with van der Waals surface area (Å²) < 4.78 is 0. The Bertz CT molecular complexity index is 196. The van der Waals surface area contributed by atoms with Gasteiger partial charge in [-0.1, -0.05) is 0 Å². The topological polar surface area (TPSA) is 56.1 Å². The van der Waals surface area contributed by atoms with E-state index < -0.39 is 0 Å². The van der Waals surface area contributed by atoms with Gasteiger partial charge < -0.3 is 10.2 Å². The van der Waals surface area contributed by atoms with E-state index in [1.165, 1.54) is 6.92 Å². The molecular weight excluding hydrogens is 142 g/mol. The fourth-order valence-corrected chi connectivity index (χ4v) is 1.20. The maximum absolute atomic E-state index is 10.9. The molecular formula is C7H11N3O. The van der Waals surface area contributed by atoms with Crippen molar-refractivity contribution in [3.8, 4) is 6.07 Å². The van der Waals surface area contributed by atoms with Crippen molar-refractivity contribution < 1.29 is 4.79 Å².